The van der Waals surface area contributed by atoms with Gasteiger partial charge >= 0.3 is 0 Å². The van der Waals surface area contributed by atoms with Gasteiger partial charge in [0, 0.05) is 25.3 Å². The van der Waals surface area contributed by atoms with Gasteiger partial charge in [0.05, 0.1) is 15.5 Å². The molecule has 0 bridgehead atoms. The number of rotatable bonds is 6. The first-order valence-electron chi connectivity index (χ1n) is 10.1. The lowest BCUT2D eigenvalue weighted by atomic mass is 10.2. The topological polar surface area (TPSA) is 57.7 Å². The minimum Gasteiger partial charge on any atom is -0.337 e. The molecule has 1 aromatic heterocycles. The summed E-state index contributed by atoms with van der Waals surface area (Å²) in [4.78, 5) is 15.5. The minimum atomic E-state index is -3.67. The summed E-state index contributed by atoms with van der Waals surface area (Å²) in [7, 11) is -0.345. The third-order valence-corrected chi connectivity index (χ3v) is 8.27. The normalized spacial score (nSPS) is 11.5. The van der Waals surface area contributed by atoms with Gasteiger partial charge < -0.3 is 4.90 Å². The van der Waals surface area contributed by atoms with E-state index in [1.54, 1.807) is 49.3 Å². The number of hydrogen-bond acceptors (Lipinski definition) is 4. The molecule has 4 aromatic rings. The monoisotopic (exact) mass is 464 g/mol. The fourth-order valence-corrected chi connectivity index (χ4v) is 5.68. The Hall–Kier alpha value is -3.16. The third kappa shape index (κ3) is 4.40. The summed E-state index contributed by atoms with van der Waals surface area (Å²) in [5.74, 6) is -0.0581. The highest BCUT2D eigenvalue weighted by Crippen LogP contribution is 2.32. The highest BCUT2D eigenvalue weighted by atomic mass is 32.2. The molecule has 7 heteroatoms. The molecule has 0 saturated carbocycles. The summed E-state index contributed by atoms with van der Waals surface area (Å²) < 4.78 is 28.3. The number of fused-ring (bicyclic) bond motifs is 1. The molecular formula is C25H24N2O3S2. The number of thiophene rings is 1. The van der Waals surface area contributed by atoms with Crippen LogP contribution in [0.4, 0.5) is 5.69 Å². The van der Waals surface area contributed by atoms with Gasteiger partial charge in [-0.3, -0.25) is 9.10 Å². The van der Waals surface area contributed by atoms with Gasteiger partial charge in [-0.05, 0) is 54.3 Å². The van der Waals surface area contributed by atoms with Crippen molar-refractivity contribution in [2.24, 2.45) is 0 Å². The molecule has 0 atom stereocenters. The molecule has 164 valence electrons. The predicted octanol–water partition coefficient (Wildman–Crippen LogP) is 5.31. The number of sulfonamides is 1. The second-order valence-corrected chi connectivity index (χ2v) is 10.8. The Labute approximate surface area is 192 Å². The highest BCUT2D eigenvalue weighted by Gasteiger charge is 2.22. The smallest absolute Gasteiger partial charge is 0.264 e. The number of nitrogens with zero attached hydrogens (tertiary/aromatic N) is 2. The summed E-state index contributed by atoms with van der Waals surface area (Å²) >= 11 is 1.41. The molecule has 32 heavy (non-hydrogen) atoms. The zero-order valence-electron chi connectivity index (χ0n) is 18.1. The largest absolute Gasteiger partial charge is 0.337 e. The fourth-order valence-electron chi connectivity index (χ4n) is 3.46. The van der Waals surface area contributed by atoms with Crippen molar-refractivity contribution in [3.8, 4) is 0 Å². The van der Waals surface area contributed by atoms with E-state index in [4.69, 9.17) is 0 Å². The van der Waals surface area contributed by atoms with Gasteiger partial charge in [-0.2, -0.15) is 0 Å². The summed E-state index contributed by atoms with van der Waals surface area (Å²) in [5, 5.41) is 0.843. The molecule has 5 nitrogen and oxygen atoms in total. The third-order valence-electron chi connectivity index (χ3n) is 5.36. The fraction of sp³-hybridized carbons (Fsp3) is 0.160. The maximum absolute atomic E-state index is 13.0. The van der Waals surface area contributed by atoms with Gasteiger partial charge in [0.15, 0.2) is 0 Å². The molecule has 0 fully saturated rings. The van der Waals surface area contributed by atoms with E-state index in [1.807, 2.05) is 55.5 Å². The Balaban J connectivity index is 1.58. The first kappa shape index (κ1) is 22.0. The molecule has 4 rings (SSSR count). The SMILES string of the molecule is Cc1ccc(S(=O)(=O)N(C)c2ccc3sc(C(=O)N(C)Cc4ccccc4)cc3c2)cc1. The molecule has 0 aliphatic rings. The van der Waals surface area contributed by atoms with Crippen LogP contribution in [0, 0.1) is 6.92 Å². The number of hydrogen-bond donors (Lipinski definition) is 0. The lowest BCUT2D eigenvalue weighted by Gasteiger charge is -2.19. The Kier molecular flexibility index (Phi) is 6.04. The van der Waals surface area contributed by atoms with E-state index in [0.29, 0.717) is 17.1 Å². The summed E-state index contributed by atoms with van der Waals surface area (Å²) in [6, 6.07) is 23.9. The molecule has 0 spiro atoms. The van der Waals surface area contributed by atoms with E-state index in [2.05, 4.69) is 0 Å². The van der Waals surface area contributed by atoms with Crippen LogP contribution in [0.3, 0.4) is 0 Å². The van der Waals surface area contributed by atoms with Crippen LogP contribution in [0.25, 0.3) is 10.1 Å². The van der Waals surface area contributed by atoms with E-state index in [9.17, 15) is 13.2 Å². The Bertz CT molecular complexity index is 1360. The van der Waals surface area contributed by atoms with Crippen molar-refractivity contribution in [1.29, 1.82) is 0 Å². The molecule has 0 aliphatic heterocycles. The van der Waals surface area contributed by atoms with Crippen molar-refractivity contribution < 1.29 is 13.2 Å². The van der Waals surface area contributed by atoms with Gasteiger partial charge in [0.2, 0.25) is 0 Å². The first-order chi connectivity index (χ1) is 15.3. The van der Waals surface area contributed by atoms with E-state index in [-0.39, 0.29) is 10.8 Å². The van der Waals surface area contributed by atoms with Crippen molar-refractivity contribution in [2.45, 2.75) is 18.4 Å². The number of carbonyl (C=O) groups is 1. The van der Waals surface area contributed by atoms with E-state index < -0.39 is 10.0 Å². The van der Waals surface area contributed by atoms with Crippen LogP contribution in [0.1, 0.15) is 20.8 Å². The van der Waals surface area contributed by atoms with Crippen LogP contribution in [0.2, 0.25) is 0 Å². The average Bonchev–Trinajstić information content (AvgIpc) is 3.22. The molecule has 0 saturated heterocycles. The molecule has 1 amide bonds. The number of aryl methyl sites for hydroxylation is 1. The summed E-state index contributed by atoms with van der Waals surface area (Å²) in [6.45, 7) is 2.44. The number of anilines is 1. The highest BCUT2D eigenvalue weighted by molar-refractivity contribution is 7.92. The number of amides is 1. The van der Waals surface area contributed by atoms with Crippen LogP contribution >= 0.6 is 11.3 Å². The van der Waals surface area contributed by atoms with Crippen molar-refractivity contribution in [1.82, 2.24) is 4.90 Å². The van der Waals surface area contributed by atoms with Crippen LogP contribution < -0.4 is 4.31 Å². The molecule has 0 N–H and O–H groups in total. The summed E-state index contributed by atoms with van der Waals surface area (Å²) in [6.07, 6.45) is 0. The van der Waals surface area contributed by atoms with Crippen molar-refractivity contribution in [3.63, 3.8) is 0 Å². The van der Waals surface area contributed by atoms with Crippen LogP contribution in [-0.4, -0.2) is 33.3 Å². The van der Waals surface area contributed by atoms with Gasteiger partial charge in [0.25, 0.3) is 15.9 Å². The molecular weight excluding hydrogens is 440 g/mol. The lowest BCUT2D eigenvalue weighted by Crippen LogP contribution is -2.26. The van der Waals surface area contributed by atoms with E-state index in [1.165, 1.54) is 15.6 Å². The van der Waals surface area contributed by atoms with Crippen molar-refractivity contribution in [3.05, 3.63) is 94.9 Å². The number of benzene rings is 3. The predicted molar refractivity (Wildman–Crippen MR) is 131 cm³/mol. The molecule has 0 unspecified atom stereocenters. The Morgan fingerprint density at radius 1 is 0.906 bits per heavy atom. The van der Waals surface area contributed by atoms with E-state index >= 15 is 0 Å². The van der Waals surface area contributed by atoms with E-state index in [0.717, 1.165) is 21.2 Å². The number of carbonyl (C=O) groups excluding carboxylic acids is 1. The molecule has 3 aromatic carbocycles. The maximum Gasteiger partial charge on any atom is 0.264 e. The zero-order chi connectivity index (χ0) is 22.9. The first-order valence-corrected chi connectivity index (χ1v) is 12.4. The second kappa shape index (κ2) is 8.76. The summed E-state index contributed by atoms with van der Waals surface area (Å²) in [5.41, 5.74) is 2.61. The maximum atomic E-state index is 13.0. The van der Waals surface area contributed by atoms with Crippen molar-refractivity contribution in [2.75, 3.05) is 18.4 Å². The van der Waals surface area contributed by atoms with Gasteiger partial charge in [0.1, 0.15) is 0 Å². The second-order valence-electron chi connectivity index (χ2n) is 7.77. The zero-order valence-corrected chi connectivity index (χ0v) is 19.8. The van der Waals surface area contributed by atoms with Gasteiger partial charge in [-0.1, -0.05) is 48.0 Å². The Morgan fingerprint density at radius 3 is 2.28 bits per heavy atom. The Morgan fingerprint density at radius 2 is 1.59 bits per heavy atom. The van der Waals surface area contributed by atoms with Crippen molar-refractivity contribution >= 4 is 43.0 Å². The average molecular weight is 465 g/mol. The molecule has 0 radical (unpaired) electrons. The quantitative estimate of drug-likeness (QED) is 0.389. The lowest BCUT2D eigenvalue weighted by molar-refractivity contribution is 0.0790. The standard InChI is InChI=1S/C25H24N2O3S2/c1-18-9-12-22(13-10-18)32(29,30)27(3)21-11-14-23-20(15-21)16-24(31-23)25(28)26(2)17-19-7-5-4-6-8-19/h4-16H,17H2,1-3H3. The van der Waals surface area contributed by atoms with Gasteiger partial charge in [-0.15, -0.1) is 11.3 Å². The van der Waals surface area contributed by atoms with Crippen LogP contribution in [-0.2, 0) is 16.6 Å². The van der Waals surface area contributed by atoms with Crippen LogP contribution in [0.5, 0.6) is 0 Å². The molecule has 1 heterocycles. The minimum absolute atomic E-state index is 0.0581. The molecule has 0 aliphatic carbocycles. The van der Waals surface area contributed by atoms with Gasteiger partial charge in [-0.25, -0.2) is 8.42 Å². The van der Waals surface area contributed by atoms with Crippen LogP contribution in [0.15, 0.2) is 83.8 Å².